The van der Waals surface area contributed by atoms with E-state index >= 15 is 0 Å². The third-order valence-electron chi connectivity index (χ3n) is 3.33. The van der Waals surface area contributed by atoms with Crippen molar-refractivity contribution in [1.82, 2.24) is 0 Å². The number of rotatable bonds is 4. The maximum absolute atomic E-state index is 6.13. The third kappa shape index (κ3) is 2.48. The van der Waals surface area contributed by atoms with E-state index in [1.54, 1.807) is 0 Å². The zero-order valence-electron chi connectivity index (χ0n) is 10.8. The van der Waals surface area contributed by atoms with E-state index in [0.717, 1.165) is 24.1 Å². The van der Waals surface area contributed by atoms with Gasteiger partial charge in [-0.05, 0) is 23.6 Å². The Hall–Kier alpha value is -1.96. The van der Waals surface area contributed by atoms with Crippen LogP contribution in [0.25, 0.3) is 0 Å². The maximum Gasteiger partial charge on any atom is 0.0586 e. The molecular formula is C16H20N2. The van der Waals surface area contributed by atoms with Crippen LogP contribution in [0.4, 0.5) is 11.4 Å². The Bertz CT molecular complexity index is 506. The van der Waals surface area contributed by atoms with Crippen molar-refractivity contribution in [1.29, 1.82) is 0 Å². The van der Waals surface area contributed by atoms with Gasteiger partial charge in [0.25, 0.3) is 0 Å². The smallest absolute Gasteiger partial charge is 0.0586 e. The van der Waals surface area contributed by atoms with Crippen LogP contribution in [0.1, 0.15) is 36.8 Å². The van der Waals surface area contributed by atoms with E-state index in [4.69, 9.17) is 11.5 Å². The van der Waals surface area contributed by atoms with Crippen LogP contribution in [0.5, 0.6) is 0 Å². The van der Waals surface area contributed by atoms with Crippen molar-refractivity contribution in [2.45, 2.75) is 25.7 Å². The fourth-order valence-corrected chi connectivity index (χ4v) is 2.38. The molecule has 1 atom stereocenters. The lowest BCUT2D eigenvalue weighted by Gasteiger charge is -2.20. The van der Waals surface area contributed by atoms with Gasteiger partial charge in [-0.15, -0.1) is 0 Å². The summed E-state index contributed by atoms with van der Waals surface area (Å²) in [7, 11) is 0. The zero-order chi connectivity index (χ0) is 13.0. The lowest BCUT2D eigenvalue weighted by Crippen LogP contribution is -2.06. The summed E-state index contributed by atoms with van der Waals surface area (Å²) >= 11 is 0. The minimum atomic E-state index is 0.333. The van der Waals surface area contributed by atoms with E-state index in [2.05, 4.69) is 37.3 Å². The van der Waals surface area contributed by atoms with Crippen LogP contribution < -0.4 is 11.5 Å². The van der Waals surface area contributed by atoms with Gasteiger partial charge in [0.2, 0.25) is 0 Å². The van der Waals surface area contributed by atoms with Crippen LogP contribution in [0.3, 0.4) is 0 Å². The third-order valence-corrected chi connectivity index (χ3v) is 3.33. The van der Waals surface area contributed by atoms with Crippen molar-refractivity contribution in [2.24, 2.45) is 0 Å². The Kier molecular flexibility index (Phi) is 3.88. The lowest BCUT2D eigenvalue weighted by atomic mass is 9.86. The highest BCUT2D eigenvalue weighted by Crippen LogP contribution is 2.34. The highest BCUT2D eigenvalue weighted by atomic mass is 14.7. The molecule has 0 aromatic heterocycles. The first-order valence-electron chi connectivity index (χ1n) is 6.42. The molecule has 2 aromatic rings. The number of nitrogens with two attached hydrogens (primary N) is 2. The Labute approximate surface area is 109 Å². The maximum atomic E-state index is 6.13. The molecule has 18 heavy (non-hydrogen) atoms. The summed E-state index contributed by atoms with van der Waals surface area (Å²) in [6, 6.07) is 16.4. The molecule has 0 aliphatic heterocycles. The molecule has 0 bridgehead atoms. The fraction of sp³-hybridized carbons (Fsp3) is 0.250. The Morgan fingerprint density at radius 1 is 0.944 bits per heavy atom. The van der Waals surface area contributed by atoms with Gasteiger partial charge in [0, 0.05) is 5.92 Å². The van der Waals surface area contributed by atoms with E-state index in [9.17, 15) is 0 Å². The van der Waals surface area contributed by atoms with Gasteiger partial charge >= 0.3 is 0 Å². The summed E-state index contributed by atoms with van der Waals surface area (Å²) in [5.74, 6) is 0.333. The van der Waals surface area contributed by atoms with Gasteiger partial charge in [0.15, 0.2) is 0 Å². The molecule has 0 spiro atoms. The fourth-order valence-electron chi connectivity index (χ4n) is 2.38. The van der Waals surface area contributed by atoms with E-state index in [0.29, 0.717) is 11.6 Å². The second kappa shape index (κ2) is 5.58. The van der Waals surface area contributed by atoms with Crippen LogP contribution >= 0.6 is 0 Å². The number of hydrogen-bond donors (Lipinski definition) is 2. The van der Waals surface area contributed by atoms with Crippen LogP contribution in [-0.2, 0) is 0 Å². The van der Waals surface area contributed by atoms with Gasteiger partial charge in [0.05, 0.1) is 11.4 Å². The predicted octanol–water partition coefficient (Wildman–Crippen LogP) is 3.78. The first-order valence-corrected chi connectivity index (χ1v) is 6.42. The largest absolute Gasteiger partial charge is 0.397 e. The second-order valence-corrected chi connectivity index (χ2v) is 4.60. The van der Waals surface area contributed by atoms with E-state index in [1.165, 1.54) is 5.56 Å². The molecule has 0 amide bonds. The molecule has 2 heteroatoms. The number of para-hydroxylation sites is 1. The SMILES string of the molecule is CCCC(c1ccccc1)c1cccc(N)c1N. The monoisotopic (exact) mass is 240 g/mol. The van der Waals surface area contributed by atoms with Crippen molar-refractivity contribution in [3.8, 4) is 0 Å². The summed E-state index contributed by atoms with van der Waals surface area (Å²) < 4.78 is 0. The summed E-state index contributed by atoms with van der Waals surface area (Å²) in [5.41, 5.74) is 15.9. The minimum Gasteiger partial charge on any atom is -0.397 e. The van der Waals surface area contributed by atoms with Crippen molar-refractivity contribution in [3.63, 3.8) is 0 Å². The molecule has 2 rings (SSSR count). The summed E-state index contributed by atoms with van der Waals surface area (Å²) in [5, 5.41) is 0. The molecule has 0 saturated heterocycles. The number of benzene rings is 2. The average molecular weight is 240 g/mol. The van der Waals surface area contributed by atoms with Gasteiger partial charge in [-0.3, -0.25) is 0 Å². The molecule has 4 N–H and O–H groups in total. The summed E-state index contributed by atoms with van der Waals surface area (Å²) in [6.07, 6.45) is 2.20. The Morgan fingerprint density at radius 3 is 2.33 bits per heavy atom. The average Bonchev–Trinajstić information content (AvgIpc) is 2.41. The van der Waals surface area contributed by atoms with E-state index in [1.807, 2.05) is 18.2 Å². The van der Waals surface area contributed by atoms with Crippen molar-refractivity contribution in [2.75, 3.05) is 11.5 Å². The highest BCUT2D eigenvalue weighted by Gasteiger charge is 2.16. The van der Waals surface area contributed by atoms with Crippen LogP contribution in [-0.4, -0.2) is 0 Å². The van der Waals surface area contributed by atoms with Crippen LogP contribution in [0.2, 0.25) is 0 Å². The first kappa shape index (κ1) is 12.5. The standard InChI is InChI=1S/C16H20N2/c1-2-7-13(12-8-4-3-5-9-12)14-10-6-11-15(17)16(14)18/h3-6,8-11,13H,2,7,17-18H2,1H3. The molecule has 0 radical (unpaired) electrons. The molecule has 0 aliphatic carbocycles. The first-order chi connectivity index (χ1) is 8.74. The van der Waals surface area contributed by atoms with Crippen LogP contribution in [0.15, 0.2) is 48.5 Å². The molecule has 2 nitrogen and oxygen atoms in total. The number of nitrogen functional groups attached to an aromatic ring is 2. The lowest BCUT2D eigenvalue weighted by molar-refractivity contribution is 0.700. The molecule has 94 valence electrons. The Balaban J connectivity index is 2.45. The predicted molar refractivity (Wildman–Crippen MR) is 78.5 cm³/mol. The van der Waals surface area contributed by atoms with Gasteiger partial charge in [-0.1, -0.05) is 55.8 Å². The number of hydrogen-bond acceptors (Lipinski definition) is 2. The molecule has 2 aromatic carbocycles. The normalized spacial score (nSPS) is 12.3. The number of anilines is 2. The summed E-state index contributed by atoms with van der Waals surface area (Å²) in [6.45, 7) is 2.19. The van der Waals surface area contributed by atoms with Gasteiger partial charge in [0.1, 0.15) is 0 Å². The van der Waals surface area contributed by atoms with Crippen molar-refractivity contribution >= 4 is 11.4 Å². The van der Waals surface area contributed by atoms with Gasteiger partial charge < -0.3 is 11.5 Å². The second-order valence-electron chi connectivity index (χ2n) is 4.60. The van der Waals surface area contributed by atoms with Gasteiger partial charge in [-0.25, -0.2) is 0 Å². The molecule has 0 aliphatic rings. The van der Waals surface area contributed by atoms with E-state index < -0.39 is 0 Å². The molecule has 0 fully saturated rings. The zero-order valence-corrected chi connectivity index (χ0v) is 10.8. The topological polar surface area (TPSA) is 52.0 Å². The van der Waals surface area contributed by atoms with E-state index in [-0.39, 0.29) is 0 Å². The minimum absolute atomic E-state index is 0.333. The molecular weight excluding hydrogens is 220 g/mol. The quantitative estimate of drug-likeness (QED) is 0.799. The van der Waals surface area contributed by atoms with Gasteiger partial charge in [-0.2, -0.15) is 0 Å². The summed E-state index contributed by atoms with van der Waals surface area (Å²) in [4.78, 5) is 0. The van der Waals surface area contributed by atoms with Crippen molar-refractivity contribution in [3.05, 3.63) is 59.7 Å². The van der Waals surface area contributed by atoms with Crippen molar-refractivity contribution < 1.29 is 0 Å². The Morgan fingerprint density at radius 2 is 1.67 bits per heavy atom. The highest BCUT2D eigenvalue weighted by molar-refractivity contribution is 5.69. The molecule has 1 unspecified atom stereocenters. The molecule has 0 saturated carbocycles. The van der Waals surface area contributed by atoms with Crippen LogP contribution in [0, 0.1) is 0 Å². The molecule has 0 heterocycles.